The summed E-state index contributed by atoms with van der Waals surface area (Å²) in [5.41, 5.74) is 2.70. The van der Waals surface area contributed by atoms with Gasteiger partial charge in [0.1, 0.15) is 0 Å². The first-order valence-electron chi connectivity index (χ1n) is 12.6. The van der Waals surface area contributed by atoms with E-state index in [1.54, 1.807) is 0 Å². The van der Waals surface area contributed by atoms with Crippen LogP contribution in [0.4, 0.5) is 0 Å². The quantitative estimate of drug-likeness (QED) is 0.272. The summed E-state index contributed by atoms with van der Waals surface area (Å²) in [7, 11) is 0. The zero-order valence-electron chi connectivity index (χ0n) is 19.9. The lowest BCUT2D eigenvalue weighted by atomic mass is 9.88. The number of fused-ring (bicyclic) bond motifs is 1. The van der Waals surface area contributed by atoms with Gasteiger partial charge in [0.15, 0.2) is 0 Å². The van der Waals surface area contributed by atoms with Gasteiger partial charge in [0.2, 0.25) is 0 Å². The standard InChI is InChI=1S/C28H48N2/c1-7-11-21(5)18-25(10-4)29-19-23-14-16-27-24(15-17-26(23)27)20-30-28(13-9-3)22(6)12-8-2/h9-10,23-30H,3-8,11-20H2,1-2H3. The molecule has 2 nitrogen and oxygen atoms in total. The minimum atomic E-state index is 0.381. The number of hydrogen-bond acceptors (Lipinski definition) is 2. The van der Waals surface area contributed by atoms with Gasteiger partial charge in [-0.15, -0.1) is 13.2 Å². The maximum absolute atomic E-state index is 4.34. The highest BCUT2D eigenvalue weighted by Crippen LogP contribution is 2.50. The molecule has 6 unspecified atom stereocenters. The summed E-state index contributed by atoms with van der Waals surface area (Å²) in [6.07, 6.45) is 16.4. The molecule has 6 atom stereocenters. The highest BCUT2D eigenvalue weighted by atomic mass is 14.9. The average Bonchev–Trinajstić information content (AvgIpc) is 3.31. The van der Waals surface area contributed by atoms with Crippen LogP contribution in [0.2, 0.25) is 0 Å². The minimum Gasteiger partial charge on any atom is -0.310 e. The Bertz CT molecular complexity index is 563. The molecule has 2 aliphatic carbocycles. The van der Waals surface area contributed by atoms with E-state index in [4.69, 9.17) is 0 Å². The Labute approximate surface area is 187 Å². The van der Waals surface area contributed by atoms with Crippen LogP contribution in [0.3, 0.4) is 0 Å². The molecule has 2 N–H and O–H groups in total. The molecule has 0 spiro atoms. The second-order valence-electron chi connectivity index (χ2n) is 9.85. The molecular formula is C28H48N2. The van der Waals surface area contributed by atoms with E-state index < -0.39 is 0 Å². The van der Waals surface area contributed by atoms with Crippen LogP contribution < -0.4 is 10.6 Å². The average molecular weight is 413 g/mol. The maximum Gasteiger partial charge on any atom is 0.0311 e. The largest absolute Gasteiger partial charge is 0.310 e. The predicted octanol–water partition coefficient (Wildman–Crippen LogP) is 6.82. The first-order valence-corrected chi connectivity index (χ1v) is 12.6. The highest BCUT2D eigenvalue weighted by molar-refractivity contribution is 5.08. The smallest absolute Gasteiger partial charge is 0.0311 e. The fraction of sp³-hybridized carbons (Fsp3) is 0.714. The molecule has 2 fully saturated rings. The summed E-state index contributed by atoms with van der Waals surface area (Å²) in [4.78, 5) is 0. The van der Waals surface area contributed by atoms with Crippen molar-refractivity contribution in [2.24, 2.45) is 23.7 Å². The Hall–Kier alpha value is -1.12. The third-order valence-electron chi connectivity index (χ3n) is 7.63. The van der Waals surface area contributed by atoms with E-state index in [0.29, 0.717) is 12.1 Å². The van der Waals surface area contributed by atoms with Crippen LogP contribution in [0.5, 0.6) is 0 Å². The van der Waals surface area contributed by atoms with Crippen molar-refractivity contribution in [3.63, 3.8) is 0 Å². The molecule has 2 heteroatoms. The number of rotatable bonds is 16. The molecule has 170 valence electrons. The molecule has 0 radical (unpaired) electrons. The van der Waals surface area contributed by atoms with E-state index >= 15 is 0 Å². The lowest BCUT2D eigenvalue weighted by molar-refractivity contribution is 0.293. The van der Waals surface area contributed by atoms with Gasteiger partial charge >= 0.3 is 0 Å². The third kappa shape index (κ3) is 7.24. The molecule has 2 saturated carbocycles. The second-order valence-corrected chi connectivity index (χ2v) is 9.85. The van der Waals surface area contributed by atoms with Crippen molar-refractivity contribution >= 4 is 0 Å². The summed E-state index contributed by atoms with van der Waals surface area (Å²) >= 11 is 0. The molecule has 0 aliphatic heterocycles. The number of nitrogens with one attached hydrogen (secondary N) is 2. The fourth-order valence-corrected chi connectivity index (χ4v) is 6.00. The van der Waals surface area contributed by atoms with Crippen molar-refractivity contribution < 1.29 is 0 Å². The summed E-state index contributed by atoms with van der Waals surface area (Å²) in [5, 5.41) is 7.67. The van der Waals surface area contributed by atoms with Gasteiger partial charge in [0.25, 0.3) is 0 Å². The Morgan fingerprint density at radius 3 is 2.03 bits per heavy atom. The summed E-state index contributed by atoms with van der Waals surface area (Å²) < 4.78 is 0. The Morgan fingerprint density at radius 2 is 1.50 bits per heavy atom. The van der Waals surface area contributed by atoms with Crippen molar-refractivity contribution in [1.29, 1.82) is 0 Å². The number of hydrogen-bond donors (Lipinski definition) is 2. The molecule has 0 saturated heterocycles. The van der Waals surface area contributed by atoms with Gasteiger partial charge in [-0.05, 0) is 88.1 Å². The van der Waals surface area contributed by atoms with Crippen LogP contribution in [0.1, 0.15) is 78.1 Å². The monoisotopic (exact) mass is 412 g/mol. The van der Waals surface area contributed by atoms with E-state index in [1.807, 2.05) is 6.08 Å². The van der Waals surface area contributed by atoms with Crippen molar-refractivity contribution in [3.8, 4) is 0 Å². The first-order chi connectivity index (χ1) is 14.5. The van der Waals surface area contributed by atoms with E-state index in [2.05, 4.69) is 56.9 Å². The molecule has 0 heterocycles. The van der Waals surface area contributed by atoms with Crippen molar-refractivity contribution in [2.75, 3.05) is 13.1 Å². The van der Waals surface area contributed by atoms with Gasteiger partial charge in [0.05, 0.1) is 0 Å². The van der Waals surface area contributed by atoms with Gasteiger partial charge < -0.3 is 10.6 Å². The van der Waals surface area contributed by atoms with Gasteiger partial charge in [-0.3, -0.25) is 0 Å². The molecule has 0 aromatic carbocycles. The van der Waals surface area contributed by atoms with E-state index in [1.165, 1.54) is 49.7 Å². The lowest BCUT2D eigenvalue weighted by Gasteiger charge is -2.26. The van der Waals surface area contributed by atoms with Crippen molar-refractivity contribution in [2.45, 2.75) is 90.1 Å². The molecule has 30 heavy (non-hydrogen) atoms. The Morgan fingerprint density at radius 1 is 0.900 bits per heavy atom. The molecule has 0 aromatic heterocycles. The molecule has 0 amide bonds. The van der Waals surface area contributed by atoms with Gasteiger partial charge in [0, 0.05) is 12.1 Å². The van der Waals surface area contributed by atoms with Crippen LogP contribution in [0.25, 0.3) is 0 Å². The van der Waals surface area contributed by atoms with Gasteiger partial charge in [-0.25, -0.2) is 0 Å². The summed E-state index contributed by atoms with van der Waals surface area (Å²) in [5.74, 6) is 3.48. The maximum atomic E-state index is 4.34. The zero-order valence-corrected chi connectivity index (χ0v) is 19.9. The fourth-order valence-electron chi connectivity index (χ4n) is 6.00. The van der Waals surface area contributed by atoms with Gasteiger partial charge in [-0.2, -0.15) is 0 Å². The molecule has 0 aromatic rings. The summed E-state index contributed by atoms with van der Waals surface area (Å²) in [6.45, 7) is 23.3. The third-order valence-corrected chi connectivity index (χ3v) is 7.63. The van der Waals surface area contributed by atoms with Crippen LogP contribution >= 0.6 is 0 Å². The van der Waals surface area contributed by atoms with E-state index in [0.717, 1.165) is 62.4 Å². The normalized spacial score (nSPS) is 27.4. The molecular weight excluding hydrogens is 364 g/mol. The Balaban J connectivity index is 1.80. The topological polar surface area (TPSA) is 24.1 Å². The van der Waals surface area contributed by atoms with Crippen molar-refractivity contribution in [1.82, 2.24) is 10.6 Å². The summed E-state index contributed by atoms with van der Waals surface area (Å²) in [6, 6.07) is 0.788. The highest BCUT2D eigenvalue weighted by Gasteiger charge is 2.44. The molecule has 2 rings (SSSR count). The van der Waals surface area contributed by atoms with Crippen molar-refractivity contribution in [3.05, 3.63) is 49.6 Å². The Kier molecular flexibility index (Phi) is 11.2. The molecule has 2 aliphatic rings. The SMILES string of the molecule is C=CCC(NCC1CCC2C(CNC(C=C)CC(=C)CCC)CCC12)C(=C)CCC. The predicted molar refractivity (Wildman–Crippen MR) is 134 cm³/mol. The van der Waals surface area contributed by atoms with Crippen LogP contribution in [0.15, 0.2) is 49.6 Å². The lowest BCUT2D eigenvalue weighted by Crippen LogP contribution is -2.36. The minimum absolute atomic E-state index is 0.381. The van der Waals surface area contributed by atoms with E-state index in [-0.39, 0.29) is 0 Å². The molecule has 0 bridgehead atoms. The van der Waals surface area contributed by atoms with Gasteiger partial charge in [-0.1, -0.05) is 63.1 Å². The van der Waals surface area contributed by atoms with E-state index in [9.17, 15) is 0 Å². The first kappa shape index (κ1) is 25.1. The van der Waals surface area contributed by atoms with Crippen LogP contribution in [0, 0.1) is 23.7 Å². The zero-order chi connectivity index (χ0) is 21.9. The van der Waals surface area contributed by atoms with Crippen LogP contribution in [-0.4, -0.2) is 25.2 Å². The second kappa shape index (κ2) is 13.3. The van der Waals surface area contributed by atoms with Crippen LogP contribution in [-0.2, 0) is 0 Å².